The van der Waals surface area contributed by atoms with E-state index < -0.39 is 19.9 Å². The van der Waals surface area contributed by atoms with Crippen LogP contribution in [0.25, 0.3) is 0 Å². The van der Waals surface area contributed by atoms with Crippen molar-refractivity contribution in [1.29, 1.82) is 0 Å². The summed E-state index contributed by atoms with van der Waals surface area (Å²) in [5.74, 6) is 2.82. The molecule has 0 saturated carbocycles. The second-order valence-corrected chi connectivity index (χ2v) is 14.9. The van der Waals surface area contributed by atoms with Crippen molar-refractivity contribution in [2.24, 2.45) is 5.92 Å². The Hall–Kier alpha value is -0.343. The van der Waals surface area contributed by atoms with Gasteiger partial charge in [-0.25, -0.2) is 0 Å². The number of hydrogen-bond donors (Lipinski definition) is 1. The molecule has 0 saturated heterocycles. The van der Waals surface area contributed by atoms with Crippen molar-refractivity contribution >= 4 is 14.0 Å². The van der Waals surface area contributed by atoms with Crippen LogP contribution >= 0.6 is 0 Å². The second kappa shape index (κ2) is 12.5. The minimum Gasteiger partial charge on any atom is -0.272 e. The predicted molar refractivity (Wildman–Crippen MR) is 121 cm³/mol. The number of benzene rings is 1. The summed E-state index contributed by atoms with van der Waals surface area (Å²) in [6, 6.07) is 6.09. The van der Waals surface area contributed by atoms with Crippen molar-refractivity contribution in [1.82, 2.24) is 5.54 Å². The van der Waals surface area contributed by atoms with Crippen LogP contribution in [0.5, 0.6) is 0 Å². The third kappa shape index (κ3) is 7.09. The van der Waals surface area contributed by atoms with Crippen LogP contribution in [-0.4, -0.2) is 14.0 Å². The van der Waals surface area contributed by atoms with Gasteiger partial charge in [0.25, 0.3) is 5.91 Å². The van der Waals surface area contributed by atoms with Gasteiger partial charge in [0, 0.05) is 43.3 Å². The number of halogens is 1. The van der Waals surface area contributed by atoms with Gasteiger partial charge in [-0.2, -0.15) is 5.54 Å². The summed E-state index contributed by atoms with van der Waals surface area (Å²) in [6.07, 6.45) is 0.958. The minimum absolute atomic E-state index is 0. The smallest absolute Gasteiger partial charge is 0.254 e. The van der Waals surface area contributed by atoms with Crippen molar-refractivity contribution in [2.45, 2.75) is 91.3 Å². The molecule has 0 aliphatic heterocycles. The van der Waals surface area contributed by atoms with Gasteiger partial charge in [-0.15, -0.1) is 10.0 Å². The molecule has 29 heavy (non-hydrogen) atoms. The Morgan fingerprint density at radius 1 is 1.00 bits per heavy atom. The van der Waals surface area contributed by atoms with Crippen molar-refractivity contribution in [3.8, 4) is 11.5 Å². The number of rotatable bonds is 7. The van der Waals surface area contributed by atoms with Gasteiger partial charge in [-0.1, -0.05) is 73.4 Å². The van der Waals surface area contributed by atoms with Gasteiger partial charge in [0.2, 0.25) is 0 Å². The molecule has 5 heteroatoms. The van der Waals surface area contributed by atoms with E-state index in [9.17, 15) is 9.28 Å². The molecule has 0 spiro atoms. The Balaban J connectivity index is 0.00000784. The molecule has 0 bridgehead atoms. The first-order chi connectivity index (χ1) is 13.0. The first-order valence-corrected chi connectivity index (χ1v) is 12.8. The molecular weight excluding hydrogens is 405 g/mol. The summed E-state index contributed by atoms with van der Waals surface area (Å²) in [5.41, 5.74) is 9.52. The fourth-order valence-electron chi connectivity index (χ4n) is 4.52. The fourth-order valence-corrected chi connectivity index (χ4v) is 9.74. The molecule has 0 aliphatic rings. The standard InChI is InChI=1S/C24H38FNOSi.Ar/c1-16(2)14-21-10-11-23(20(9)24(27)26-25)22(15-21)12-13-28(17(3)4,18(5)6)19(7)8;/h10-11,15-20H,14H2,1-9H3,(H,26,27);. The van der Waals surface area contributed by atoms with E-state index >= 15 is 0 Å². The van der Waals surface area contributed by atoms with Crippen LogP contribution < -0.4 is 5.54 Å². The predicted octanol–water partition coefficient (Wildman–Crippen LogP) is 6.56. The van der Waals surface area contributed by atoms with Crippen LogP contribution in [0.3, 0.4) is 0 Å². The van der Waals surface area contributed by atoms with E-state index in [0.29, 0.717) is 22.5 Å². The van der Waals surface area contributed by atoms with E-state index in [0.717, 1.165) is 17.5 Å². The van der Waals surface area contributed by atoms with E-state index in [1.54, 1.807) is 6.92 Å². The van der Waals surface area contributed by atoms with Crippen molar-refractivity contribution in [3.05, 3.63) is 34.9 Å². The third-order valence-corrected chi connectivity index (χ3v) is 12.3. The molecule has 1 aromatic carbocycles. The SMILES string of the molecule is CC(C)Cc1ccc(C(C)C(=O)NF)c(C#C[Si](C(C)C)(C(C)C)C(C)C)c1.[Ar]. The average molecular weight is 444 g/mol. The number of amides is 1. The summed E-state index contributed by atoms with van der Waals surface area (Å²) in [6.45, 7) is 19.8. The molecule has 1 unspecified atom stereocenters. The molecule has 2 nitrogen and oxygen atoms in total. The fraction of sp³-hybridized carbons (Fsp3) is 0.625. The van der Waals surface area contributed by atoms with Crippen LogP contribution in [0.1, 0.15) is 84.9 Å². The molecule has 1 N–H and O–H groups in total. The zero-order chi connectivity index (χ0) is 21.6. The molecule has 0 aliphatic carbocycles. The molecule has 0 aromatic heterocycles. The first kappa shape index (κ1) is 28.7. The third-order valence-electron chi connectivity index (χ3n) is 5.99. The molecule has 1 atom stereocenters. The van der Waals surface area contributed by atoms with E-state index in [2.05, 4.69) is 72.9 Å². The summed E-state index contributed by atoms with van der Waals surface area (Å²) in [7, 11) is -1.89. The monoisotopic (exact) mass is 443 g/mol. The molecule has 1 amide bonds. The zero-order valence-corrected chi connectivity index (χ0v) is 21.2. The van der Waals surface area contributed by atoms with Crippen molar-refractivity contribution < 1.29 is 47.0 Å². The summed E-state index contributed by atoms with van der Waals surface area (Å²) in [4.78, 5) is 11.9. The van der Waals surface area contributed by atoms with E-state index in [1.807, 2.05) is 12.1 Å². The Morgan fingerprint density at radius 2 is 1.52 bits per heavy atom. The van der Waals surface area contributed by atoms with Gasteiger partial charge < -0.3 is 0 Å². The largest absolute Gasteiger partial charge is 0.272 e. The average Bonchev–Trinajstić information content (AvgIpc) is 2.59. The van der Waals surface area contributed by atoms with Crippen LogP contribution in [0, 0.1) is 55.1 Å². The molecule has 1 aromatic rings. The van der Waals surface area contributed by atoms with Crippen molar-refractivity contribution in [3.63, 3.8) is 0 Å². The Morgan fingerprint density at radius 3 is 1.93 bits per heavy atom. The van der Waals surface area contributed by atoms with Gasteiger partial charge in [-0.3, -0.25) is 4.79 Å². The summed E-state index contributed by atoms with van der Waals surface area (Å²) >= 11 is 0. The van der Waals surface area contributed by atoms with Crippen LogP contribution in [-0.2, 0) is 11.2 Å². The van der Waals surface area contributed by atoms with Gasteiger partial charge in [0.1, 0.15) is 8.07 Å². The van der Waals surface area contributed by atoms with Gasteiger partial charge in [0.05, 0.1) is 5.92 Å². The zero-order valence-electron chi connectivity index (χ0n) is 19.5. The number of hydrogen-bond acceptors (Lipinski definition) is 1. The molecule has 1 rings (SSSR count). The normalized spacial score (nSPS) is 12.6. The maximum Gasteiger partial charge on any atom is 0.254 e. The maximum absolute atomic E-state index is 12.8. The van der Waals surface area contributed by atoms with Gasteiger partial charge in [0.15, 0.2) is 0 Å². The summed E-state index contributed by atoms with van der Waals surface area (Å²) < 4.78 is 12.8. The quantitative estimate of drug-likeness (QED) is 0.289. The Kier molecular flexibility index (Phi) is 12.3. The maximum atomic E-state index is 12.8. The molecule has 0 radical (unpaired) electrons. The minimum atomic E-state index is -1.89. The Labute approximate surface area is 208 Å². The number of carbonyl (C=O) groups is 1. The first-order valence-electron chi connectivity index (χ1n) is 10.5. The number of nitrogens with one attached hydrogen (secondary N) is 1. The van der Waals surface area contributed by atoms with Gasteiger partial charge in [-0.05, 0) is 53.1 Å². The Bertz CT molecular complexity index is 712. The van der Waals surface area contributed by atoms with Crippen LogP contribution in [0.2, 0.25) is 16.6 Å². The van der Waals surface area contributed by atoms with E-state index in [-0.39, 0.29) is 37.7 Å². The van der Waals surface area contributed by atoms with E-state index in [4.69, 9.17) is 0 Å². The molecule has 164 valence electrons. The second-order valence-electron chi connectivity index (χ2n) is 9.35. The van der Waals surface area contributed by atoms with Crippen molar-refractivity contribution in [2.75, 3.05) is 0 Å². The topological polar surface area (TPSA) is 29.1 Å². The molecular formula is C24H38ArFNOSi. The van der Waals surface area contributed by atoms with Crippen LogP contribution in [0.15, 0.2) is 18.2 Å². The van der Waals surface area contributed by atoms with E-state index in [1.165, 1.54) is 11.1 Å². The van der Waals surface area contributed by atoms with Gasteiger partial charge >= 0.3 is 0 Å². The molecule has 0 heterocycles. The number of carbonyl (C=O) groups excluding carboxylic acids is 1. The molecule has 0 fully saturated rings. The van der Waals surface area contributed by atoms with Crippen LogP contribution in [0.4, 0.5) is 4.48 Å². The summed E-state index contributed by atoms with van der Waals surface area (Å²) in [5, 5.41) is 0.